The molecule has 2 N–H and O–H groups in total. The second-order valence-electron chi connectivity index (χ2n) is 8.49. The highest BCUT2D eigenvalue weighted by Gasteiger charge is 2.22. The fourth-order valence-electron chi connectivity index (χ4n) is 4.67. The first-order chi connectivity index (χ1) is 16.3. The standard InChI is InChI=1S/C24H25N7OS/c25-14-16-12-19-18(2-1-3-21(19)27-16)22-28-23(31-8-10-32-11-9-31)20-13-17(33-24(20)29-22)15-30-6-4-26-5-7-30/h1-3,12-13,26-27H,4-11,15H2. The van der Waals surface area contributed by atoms with Gasteiger partial charge in [0.15, 0.2) is 5.82 Å². The minimum absolute atomic E-state index is 0.543. The SMILES string of the molecule is N#Cc1cc2c(-c3nc(N4CCOCC4)c4cc(CN5CCNCC5)sc4n3)cccc2[nH]1. The molecule has 0 spiro atoms. The number of hydrogen-bond acceptors (Lipinski definition) is 8. The summed E-state index contributed by atoms with van der Waals surface area (Å²) in [6, 6.07) is 12.4. The number of morpholine rings is 1. The van der Waals surface area contributed by atoms with Gasteiger partial charge in [0.05, 0.1) is 18.6 Å². The number of anilines is 1. The third-order valence-corrected chi connectivity index (χ3v) is 7.36. The van der Waals surface area contributed by atoms with Gasteiger partial charge in [-0.3, -0.25) is 4.90 Å². The fraction of sp³-hybridized carbons (Fsp3) is 0.375. The maximum atomic E-state index is 9.36. The van der Waals surface area contributed by atoms with E-state index in [-0.39, 0.29) is 0 Å². The van der Waals surface area contributed by atoms with E-state index in [0.717, 1.165) is 78.3 Å². The van der Waals surface area contributed by atoms with E-state index in [2.05, 4.69) is 32.2 Å². The third kappa shape index (κ3) is 3.96. The molecule has 2 aliphatic rings. The van der Waals surface area contributed by atoms with Gasteiger partial charge in [-0.15, -0.1) is 11.3 Å². The van der Waals surface area contributed by atoms with E-state index in [1.165, 1.54) is 4.88 Å². The molecule has 0 unspecified atom stereocenters. The Morgan fingerprint density at radius 3 is 2.73 bits per heavy atom. The molecule has 1 aromatic carbocycles. The lowest BCUT2D eigenvalue weighted by atomic mass is 10.1. The number of H-pyrrole nitrogens is 1. The molecule has 33 heavy (non-hydrogen) atoms. The van der Waals surface area contributed by atoms with Crippen LogP contribution in [0.2, 0.25) is 0 Å². The Balaban J connectivity index is 1.47. The number of rotatable bonds is 4. The van der Waals surface area contributed by atoms with E-state index >= 15 is 0 Å². The molecule has 4 aromatic rings. The molecule has 5 heterocycles. The number of hydrogen-bond donors (Lipinski definition) is 2. The Hall–Kier alpha value is -3.03. The number of aromatic amines is 1. The molecule has 2 saturated heterocycles. The van der Waals surface area contributed by atoms with E-state index in [9.17, 15) is 5.26 Å². The molecule has 0 saturated carbocycles. The lowest BCUT2D eigenvalue weighted by molar-refractivity contribution is 0.122. The zero-order valence-corrected chi connectivity index (χ0v) is 19.1. The summed E-state index contributed by atoms with van der Waals surface area (Å²) in [5.41, 5.74) is 2.41. The number of piperazine rings is 1. The average molecular weight is 460 g/mol. The summed E-state index contributed by atoms with van der Waals surface area (Å²) in [4.78, 5) is 20.4. The van der Waals surface area contributed by atoms with Crippen LogP contribution in [-0.2, 0) is 11.3 Å². The van der Waals surface area contributed by atoms with Crippen LogP contribution in [0.1, 0.15) is 10.6 Å². The number of nitrogens with one attached hydrogen (secondary N) is 2. The van der Waals surface area contributed by atoms with Gasteiger partial charge in [0.2, 0.25) is 0 Å². The molecule has 6 rings (SSSR count). The van der Waals surface area contributed by atoms with Gasteiger partial charge in [0, 0.05) is 67.2 Å². The molecule has 0 amide bonds. The molecule has 2 fully saturated rings. The van der Waals surface area contributed by atoms with E-state index in [1.807, 2.05) is 24.3 Å². The van der Waals surface area contributed by atoms with Gasteiger partial charge in [-0.05, 0) is 18.2 Å². The van der Waals surface area contributed by atoms with Crippen LogP contribution in [0.5, 0.6) is 0 Å². The van der Waals surface area contributed by atoms with Crippen molar-refractivity contribution in [1.82, 2.24) is 25.2 Å². The van der Waals surface area contributed by atoms with Gasteiger partial charge in [0.25, 0.3) is 0 Å². The molecule has 168 valence electrons. The number of nitriles is 1. The smallest absolute Gasteiger partial charge is 0.163 e. The second kappa shape index (κ2) is 8.72. The van der Waals surface area contributed by atoms with Crippen molar-refractivity contribution < 1.29 is 4.74 Å². The Labute approximate surface area is 195 Å². The van der Waals surface area contributed by atoms with Gasteiger partial charge < -0.3 is 19.9 Å². The van der Waals surface area contributed by atoms with Gasteiger partial charge in [0.1, 0.15) is 22.4 Å². The molecule has 0 bridgehead atoms. The number of thiophene rings is 1. The molecular formula is C24H25N7OS. The highest BCUT2D eigenvalue weighted by Crippen LogP contribution is 2.36. The molecule has 8 nitrogen and oxygen atoms in total. The average Bonchev–Trinajstić information content (AvgIpc) is 3.47. The van der Waals surface area contributed by atoms with Gasteiger partial charge in [-0.1, -0.05) is 12.1 Å². The highest BCUT2D eigenvalue weighted by molar-refractivity contribution is 7.18. The summed E-state index contributed by atoms with van der Waals surface area (Å²) < 4.78 is 5.60. The largest absolute Gasteiger partial charge is 0.378 e. The predicted octanol–water partition coefficient (Wildman–Crippen LogP) is 2.95. The number of nitrogens with zero attached hydrogens (tertiary/aromatic N) is 5. The zero-order valence-electron chi connectivity index (χ0n) is 18.3. The molecule has 0 aliphatic carbocycles. The third-order valence-electron chi connectivity index (χ3n) is 6.35. The number of ether oxygens (including phenoxy) is 1. The van der Waals surface area contributed by atoms with Crippen molar-refractivity contribution in [3.8, 4) is 17.5 Å². The number of aromatic nitrogens is 3. The lowest BCUT2D eigenvalue weighted by Gasteiger charge is -2.28. The van der Waals surface area contributed by atoms with Crippen LogP contribution in [0.3, 0.4) is 0 Å². The van der Waals surface area contributed by atoms with Crippen LogP contribution in [0.4, 0.5) is 5.82 Å². The summed E-state index contributed by atoms with van der Waals surface area (Å²) in [5, 5.41) is 14.9. The lowest BCUT2D eigenvalue weighted by Crippen LogP contribution is -2.42. The molecule has 0 radical (unpaired) electrons. The van der Waals surface area contributed by atoms with Crippen molar-refractivity contribution in [3.05, 3.63) is 40.9 Å². The van der Waals surface area contributed by atoms with Crippen molar-refractivity contribution in [2.24, 2.45) is 0 Å². The predicted molar refractivity (Wildman–Crippen MR) is 131 cm³/mol. The van der Waals surface area contributed by atoms with Gasteiger partial charge in [-0.25, -0.2) is 9.97 Å². The van der Waals surface area contributed by atoms with Crippen molar-refractivity contribution >= 4 is 38.3 Å². The van der Waals surface area contributed by atoms with Crippen LogP contribution in [0.15, 0.2) is 30.3 Å². The van der Waals surface area contributed by atoms with Crippen molar-refractivity contribution in [3.63, 3.8) is 0 Å². The quantitative estimate of drug-likeness (QED) is 0.485. The monoisotopic (exact) mass is 459 g/mol. The Morgan fingerprint density at radius 1 is 1.06 bits per heavy atom. The van der Waals surface area contributed by atoms with Crippen LogP contribution >= 0.6 is 11.3 Å². The van der Waals surface area contributed by atoms with E-state index in [4.69, 9.17) is 14.7 Å². The van der Waals surface area contributed by atoms with E-state index in [1.54, 1.807) is 11.3 Å². The molecule has 2 aliphatic heterocycles. The molecule has 9 heteroatoms. The normalized spacial score (nSPS) is 17.6. The second-order valence-corrected chi connectivity index (χ2v) is 9.60. The van der Waals surface area contributed by atoms with E-state index < -0.39 is 0 Å². The summed E-state index contributed by atoms with van der Waals surface area (Å²) in [5.74, 6) is 1.68. The first-order valence-corrected chi connectivity index (χ1v) is 12.2. The number of fused-ring (bicyclic) bond motifs is 2. The summed E-state index contributed by atoms with van der Waals surface area (Å²) in [6.45, 7) is 8.21. The Bertz CT molecular complexity index is 1340. The fourth-order valence-corrected chi connectivity index (χ4v) is 5.74. The summed E-state index contributed by atoms with van der Waals surface area (Å²) in [6.07, 6.45) is 0. The van der Waals surface area contributed by atoms with Crippen LogP contribution in [0, 0.1) is 11.3 Å². The van der Waals surface area contributed by atoms with Crippen molar-refractivity contribution in [1.29, 1.82) is 5.26 Å². The Morgan fingerprint density at radius 2 is 1.91 bits per heavy atom. The first-order valence-electron chi connectivity index (χ1n) is 11.4. The summed E-state index contributed by atoms with van der Waals surface area (Å²) in [7, 11) is 0. The van der Waals surface area contributed by atoms with Gasteiger partial charge in [-0.2, -0.15) is 5.26 Å². The summed E-state index contributed by atoms with van der Waals surface area (Å²) >= 11 is 1.76. The minimum atomic E-state index is 0.543. The van der Waals surface area contributed by atoms with E-state index in [0.29, 0.717) is 24.7 Å². The van der Waals surface area contributed by atoms with Crippen molar-refractivity contribution in [2.45, 2.75) is 6.54 Å². The topological polar surface area (TPSA) is 93.1 Å². The molecule has 0 atom stereocenters. The van der Waals surface area contributed by atoms with Crippen molar-refractivity contribution in [2.75, 3.05) is 57.4 Å². The van der Waals surface area contributed by atoms with Crippen LogP contribution < -0.4 is 10.2 Å². The molecular weight excluding hydrogens is 434 g/mol. The minimum Gasteiger partial charge on any atom is -0.378 e. The number of benzene rings is 1. The maximum Gasteiger partial charge on any atom is 0.163 e. The van der Waals surface area contributed by atoms with Gasteiger partial charge >= 0.3 is 0 Å². The molecule has 3 aromatic heterocycles. The zero-order chi connectivity index (χ0) is 22.2. The first kappa shape index (κ1) is 20.6. The maximum absolute atomic E-state index is 9.36. The van der Waals surface area contributed by atoms with Crippen LogP contribution in [-0.4, -0.2) is 72.3 Å². The van der Waals surface area contributed by atoms with Crippen LogP contribution in [0.25, 0.3) is 32.5 Å². The highest BCUT2D eigenvalue weighted by atomic mass is 32.1. The Kier molecular flexibility index (Phi) is 5.44.